The Morgan fingerprint density at radius 1 is 1.25 bits per heavy atom. The zero-order valence-corrected chi connectivity index (χ0v) is 17.5. The highest BCUT2D eigenvalue weighted by atomic mass is 32.1. The third kappa shape index (κ3) is 4.55. The van der Waals surface area contributed by atoms with E-state index >= 15 is 0 Å². The molecule has 1 unspecified atom stereocenters. The topological polar surface area (TPSA) is 64.6 Å². The van der Waals surface area contributed by atoms with Crippen molar-refractivity contribution in [3.63, 3.8) is 0 Å². The van der Waals surface area contributed by atoms with Crippen LogP contribution in [0.3, 0.4) is 0 Å². The van der Waals surface area contributed by atoms with Crippen molar-refractivity contribution in [2.24, 2.45) is 5.92 Å². The maximum Gasteiger partial charge on any atom is 0.341 e. The number of carbonyl (C=O) groups is 2. The van der Waals surface area contributed by atoms with Crippen LogP contribution in [0.15, 0.2) is 24.3 Å². The minimum absolute atomic E-state index is 0.0990. The maximum atomic E-state index is 12.5. The van der Waals surface area contributed by atoms with Crippen molar-refractivity contribution < 1.29 is 19.1 Å². The van der Waals surface area contributed by atoms with E-state index in [4.69, 9.17) is 9.47 Å². The number of benzene rings is 1. The highest BCUT2D eigenvalue weighted by molar-refractivity contribution is 7.17. The summed E-state index contributed by atoms with van der Waals surface area (Å²) in [5.41, 5.74) is 2.62. The molecule has 1 aromatic heterocycles. The molecule has 0 bridgehead atoms. The normalized spacial score (nSPS) is 15.6. The SMILES string of the molecule is CCOC(=O)c1c(NC(=O)COc2ccccc2CC)sc2c1CCC(C)C2. The monoisotopic (exact) mass is 401 g/mol. The van der Waals surface area contributed by atoms with Gasteiger partial charge in [-0.1, -0.05) is 32.0 Å². The highest BCUT2D eigenvalue weighted by Gasteiger charge is 2.29. The molecule has 0 radical (unpaired) electrons. The number of ether oxygens (including phenoxy) is 2. The van der Waals surface area contributed by atoms with E-state index < -0.39 is 0 Å². The molecule has 2 aromatic rings. The largest absolute Gasteiger partial charge is 0.483 e. The van der Waals surface area contributed by atoms with E-state index in [1.54, 1.807) is 6.92 Å². The van der Waals surface area contributed by atoms with E-state index in [9.17, 15) is 9.59 Å². The molecule has 5 nitrogen and oxygen atoms in total. The Morgan fingerprint density at radius 3 is 2.79 bits per heavy atom. The summed E-state index contributed by atoms with van der Waals surface area (Å²) in [7, 11) is 0. The van der Waals surface area contributed by atoms with Gasteiger partial charge in [0.2, 0.25) is 0 Å². The number of nitrogens with one attached hydrogen (secondary N) is 1. The number of thiophene rings is 1. The minimum atomic E-state index is -0.359. The van der Waals surface area contributed by atoms with Gasteiger partial charge in [-0.3, -0.25) is 4.79 Å². The number of hydrogen-bond donors (Lipinski definition) is 1. The molecule has 1 heterocycles. The molecule has 1 amide bonds. The lowest BCUT2D eigenvalue weighted by Gasteiger charge is -2.18. The van der Waals surface area contributed by atoms with Crippen molar-refractivity contribution in [2.45, 2.75) is 46.5 Å². The van der Waals surface area contributed by atoms with Gasteiger partial charge < -0.3 is 14.8 Å². The fraction of sp³-hybridized carbons (Fsp3) is 0.455. The molecule has 0 saturated heterocycles. The Labute approximate surface area is 170 Å². The number of fused-ring (bicyclic) bond motifs is 1. The van der Waals surface area contributed by atoms with Crippen LogP contribution in [0.2, 0.25) is 0 Å². The van der Waals surface area contributed by atoms with Gasteiger partial charge in [-0.25, -0.2) is 4.79 Å². The van der Waals surface area contributed by atoms with Gasteiger partial charge in [0.25, 0.3) is 5.91 Å². The van der Waals surface area contributed by atoms with Crippen LogP contribution >= 0.6 is 11.3 Å². The molecule has 0 fully saturated rings. The van der Waals surface area contributed by atoms with Crippen LogP contribution in [0.25, 0.3) is 0 Å². The maximum absolute atomic E-state index is 12.5. The minimum Gasteiger partial charge on any atom is -0.483 e. The van der Waals surface area contributed by atoms with E-state index in [-0.39, 0.29) is 18.5 Å². The quantitative estimate of drug-likeness (QED) is 0.687. The predicted octanol–water partition coefficient (Wildman–Crippen LogP) is 4.63. The average molecular weight is 402 g/mol. The predicted molar refractivity (Wildman–Crippen MR) is 111 cm³/mol. The van der Waals surface area contributed by atoms with Crippen molar-refractivity contribution >= 4 is 28.2 Å². The van der Waals surface area contributed by atoms with Crippen LogP contribution in [0.5, 0.6) is 5.75 Å². The van der Waals surface area contributed by atoms with Crippen molar-refractivity contribution in [1.82, 2.24) is 0 Å². The molecule has 1 N–H and O–H groups in total. The van der Waals surface area contributed by atoms with Crippen LogP contribution in [-0.2, 0) is 28.8 Å². The van der Waals surface area contributed by atoms with Crippen molar-refractivity contribution in [2.75, 3.05) is 18.5 Å². The molecule has 3 rings (SSSR count). The first-order valence-electron chi connectivity index (χ1n) is 9.85. The molecule has 0 saturated carbocycles. The van der Waals surface area contributed by atoms with Crippen molar-refractivity contribution in [3.05, 3.63) is 45.8 Å². The zero-order valence-electron chi connectivity index (χ0n) is 16.7. The Morgan fingerprint density at radius 2 is 2.04 bits per heavy atom. The van der Waals surface area contributed by atoms with Gasteiger partial charge in [0.15, 0.2) is 6.61 Å². The third-order valence-corrected chi connectivity index (χ3v) is 6.13. The zero-order chi connectivity index (χ0) is 20.1. The number of amides is 1. The molecule has 0 aliphatic heterocycles. The smallest absolute Gasteiger partial charge is 0.341 e. The molecule has 28 heavy (non-hydrogen) atoms. The molecular weight excluding hydrogens is 374 g/mol. The van der Waals surface area contributed by atoms with Gasteiger partial charge in [-0.2, -0.15) is 0 Å². The summed E-state index contributed by atoms with van der Waals surface area (Å²) < 4.78 is 11.0. The second kappa shape index (κ2) is 9.24. The first-order chi connectivity index (χ1) is 13.5. The summed E-state index contributed by atoms with van der Waals surface area (Å²) >= 11 is 1.49. The Balaban J connectivity index is 1.75. The Bertz CT molecular complexity index is 858. The van der Waals surface area contributed by atoms with Crippen LogP contribution in [0.4, 0.5) is 5.00 Å². The Hall–Kier alpha value is -2.34. The second-order valence-corrected chi connectivity index (χ2v) is 8.18. The second-order valence-electron chi connectivity index (χ2n) is 7.07. The standard InChI is InChI=1S/C22H27NO4S/c1-4-15-8-6-7-9-17(15)27-13-19(24)23-21-20(22(25)26-5-2)16-11-10-14(3)12-18(16)28-21/h6-9,14H,4-5,10-13H2,1-3H3,(H,23,24). The molecule has 6 heteroatoms. The molecule has 1 aromatic carbocycles. The van der Waals surface area contributed by atoms with Gasteiger partial charge in [0.05, 0.1) is 12.2 Å². The lowest BCUT2D eigenvalue weighted by molar-refractivity contribution is -0.118. The molecule has 1 aliphatic carbocycles. The number of para-hydroxylation sites is 1. The summed E-state index contributed by atoms with van der Waals surface area (Å²) in [6.07, 6.45) is 3.65. The third-order valence-electron chi connectivity index (χ3n) is 4.96. The number of aryl methyl sites for hydroxylation is 1. The lowest BCUT2D eigenvalue weighted by atomic mass is 9.88. The number of esters is 1. The number of anilines is 1. The molecule has 150 valence electrons. The number of carbonyl (C=O) groups excluding carboxylic acids is 2. The van der Waals surface area contributed by atoms with Gasteiger partial charge in [0, 0.05) is 4.88 Å². The van der Waals surface area contributed by atoms with E-state index in [0.29, 0.717) is 28.8 Å². The van der Waals surface area contributed by atoms with Gasteiger partial charge in [-0.05, 0) is 55.7 Å². The summed E-state index contributed by atoms with van der Waals surface area (Å²) in [6, 6.07) is 7.69. The van der Waals surface area contributed by atoms with E-state index in [0.717, 1.165) is 36.8 Å². The van der Waals surface area contributed by atoms with Crippen molar-refractivity contribution in [3.8, 4) is 5.75 Å². The Kier molecular flexibility index (Phi) is 6.73. The average Bonchev–Trinajstić information content (AvgIpc) is 3.03. The van der Waals surface area contributed by atoms with Crippen LogP contribution in [0.1, 0.15) is 53.6 Å². The molecule has 0 spiro atoms. The van der Waals surface area contributed by atoms with E-state index in [2.05, 4.69) is 12.2 Å². The van der Waals surface area contributed by atoms with Crippen LogP contribution in [-0.4, -0.2) is 25.1 Å². The fourth-order valence-corrected chi connectivity index (χ4v) is 4.92. The van der Waals surface area contributed by atoms with Crippen LogP contribution in [0, 0.1) is 5.92 Å². The van der Waals surface area contributed by atoms with Gasteiger partial charge in [0.1, 0.15) is 10.8 Å². The molecule has 1 atom stereocenters. The summed E-state index contributed by atoms with van der Waals surface area (Å²) in [6.45, 7) is 6.26. The van der Waals surface area contributed by atoms with E-state index in [1.807, 2.05) is 31.2 Å². The number of hydrogen-bond acceptors (Lipinski definition) is 5. The van der Waals surface area contributed by atoms with Gasteiger partial charge in [-0.15, -0.1) is 11.3 Å². The summed E-state index contributed by atoms with van der Waals surface area (Å²) in [5, 5.41) is 3.46. The van der Waals surface area contributed by atoms with Crippen LogP contribution < -0.4 is 10.1 Å². The molecule has 1 aliphatic rings. The highest BCUT2D eigenvalue weighted by Crippen LogP contribution is 2.40. The van der Waals surface area contributed by atoms with Crippen molar-refractivity contribution in [1.29, 1.82) is 0 Å². The van der Waals surface area contributed by atoms with E-state index in [1.165, 1.54) is 16.2 Å². The summed E-state index contributed by atoms with van der Waals surface area (Å²) in [5.74, 6) is 0.661. The first-order valence-corrected chi connectivity index (χ1v) is 10.7. The molecular formula is C22H27NO4S. The lowest BCUT2D eigenvalue weighted by Crippen LogP contribution is -2.21. The summed E-state index contributed by atoms with van der Waals surface area (Å²) in [4.78, 5) is 26.2. The first kappa shape index (κ1) is 20.4. The number of rotatable bonds is 7. The fourth-order valence-electron chi connectivity index (χ4n) is 3.50. The van der Waals surface area contributed by atoms with Gasteiger partial charge >= 0.3 is 5.97 Å².